The van der Waals surface area contributed by atoms with E-state index in [0.717, 1.165) is 50.0 Å². The predicted molar refractivity (Wildman–Crippen MR) is 114 cm³/mol. The van der Waals surface area contributed by atoms with E-state index >= 15 is 0 Å². The van der Waals surface area contributed by atoms with Gasteiger partial charge in [-0.25, -0.2) is 4.98 Å². The fraction of sp³-hybridized carbons (Fsp3) is 0.238. The van der Waals surface area contributed by atoms with Gasteiger partial charge in [-0.3, -0.25) is 4.79 Å². The van der Waals surface area contributed by atoms with Crippen molar-refractivity contribution < 1.29 is 9.21 Å². The first-order chi connectivity index (χ1) is 13.6. The van der Waals surface area contributed by atoms with Crippen LogP contribution in [0.4, 0.5) is 5.13 Å². The molecule has 0 spiro atoms. The highest BCUT2D eigenvalue weighted by Gasteiger charge is 2.26. The van der Waals surface area contributed by atoms with Gasteiger partial charge < -0.3 is 14.2 Å². The van der Waals surface area contributed by atoms with Crippen LogP contribution in [0.1, 0.15) is 16.1 Å². The van der Waals surface area contributed by atoms with E-state index in [1.807, 2.05) is 54.3 Å². The molecule has 0 aliphatic carbocycles. The summed E-state index contributed by atoms with van der Waals surface area (Å²) in [5.41, 5.74) is 2.72. The van der Waals surface area contributed by atoms with Crippen LogP contribution in [0.5, 0.6) is 0 Å². The first-order valence-electron chi connectivity index (χ1n) is 9.18. The Morgan fingerprint density at radius 2 is 1.93 bits per heavy atom. The number of nitrogens with zero attached hydrogens (tertiary/aromatic N) is 3. The summed E-state index contributed by atoms with van der Waals surface area (Å²) in [5, 5.41) is 2.68. The summed E-state index contributed by atoms with van der Waals surface area (Å²) in [5.74, 6) is 0.350. The Labute approximate surface area is 171 Å². The summed E-state index contributed by atoms with van der Waals surface area (Å²) in [6.45, 7) is 4.78. The standard InChI is InChI=1S/C21H18ClN3O2S/c1-13-15(22)6-7-18-19(13)23-21(28-18)25-10-8-24(9-11-25)20(26)17-12-14-4-2-3-5-16(14)27-17/h2-7,12H,8-11H2,1H3. The summed E-state index contributed by atoms with van der Waals surface area (Å²) in [6, 6.07) is 13.5. The topological polar surface area (TPSA) is 49.6 Å². The maximum absolute atomic E-state index is 12.8. The monoisotopic (exact) mass is 411 g/mol. The van der Waals surface area contributed by atoms with E-state index in [4.69, 9.17) is 21.0 Å². The Morgan fingerprint density at radius 3 is 2.71 bits per heavy atom. The number of halogens is 1. The number of hydrogen-bond acceptors (Lipinski definition) is 5. The molecule has 1 amide bonds. The van der Waals surface area contributed by atoms with E-state index in [9.17, 15) is 4.79 Å². The highest BCUT2D eigenvalue weighted by molar-refractivity contribution is 7.22. The zero-order valence-electron chi connectivity index (χ0n) is 15.3. The van der Waals surface area contributed by atoms with E-state index in [1.165, 1.54) is 0 Å². The molecule has 142 valence electrons. The minimum Gasteiger partial charge on any atom is -0.451 e. The lowest BCUT2D eigenvalue weighted by atomic mass is 10.2. The Hall–Kier alpha value is -2.57. The largest absolute Gasteiger partial charge is 0.451 e. The summed E-state index contributed by atoms with van der Waals surface area (Å²) in [6.07, 6.45) is 0. The summed E-state index contributed by atoms with van der Waals surface area (Å²) in [7, 11) is 0. The number of rotatable bonds is 2. The van der Waals surface area contributed by atoms with Crippen LogP contribution in [-0.4, -0.2) is 42.0 Å². The van der Waals surface area contributed by atoms with Crippen molar-refractivity contribution in [1.82, 2.24) is 9.88 Å². The van der Waals surface area contributed by atoms with Crippen LogP contribution in [0.25, 0.3) is 21.2 Å². The molecule has 2 aromatic carbocycles. The van der Waals surface area contributed by atoms with Gasteiger partial charge >= 0.3 is 0 Å². The average Bonchev–Trinajstić information content (AvgIpc) is 3.35. The Kier molecular flexibility index (Phi) is 4.25. The molecule has 0 saturated carbocycles. The van der Waals surface area contributed by atoms with Gasteiger partial charge in [-0.05, 0) is 36.8 Å². The van der Waals surface area contributed by atoms with E-state index in [-0.39, 0.29) is 5.91 Å². The normalized spacial score (nSPS) is 14.9. The molecule has 1 saturated heterocycles. The molecule has 7 heteroatoms. The second-order valence-electron chi connectivity index (χ2n) is 6.94. The lowest BCUT2D eigenvalue weighted by molar-refractivity contribution is 0.0717. The SMILES string of the molecule is Cc1c(Cl)ccc2sc(N3CCN(C(=O)c4cc5ccccc5o4)CC3)nc12. The molecule has 2 aromatic heterocycles. The molecule has 5 nitrogen and oxygen atoms in total. The molecular weight excluding hydrogens is 394 g/mol. The van der Waals surface area contributed by atoms with Crippen LogP contribution in [-0.2, 0) is 0 Å². The lowest BCUT2D eigenvalue weighted by Crippen LogP contribution is -2.48. The number of fused-ring (bicyclic) bond motifs is 2. The third-order valence-corrected chi connectivity index (χ3v) is 6.70. The van der Waals surface area contributed by atoms with Crippen molar-refractivity contribution in [3.05, 3.63) is 58.8 Å². The number of benzene rings is 2. The van der Waals surface area contributed by atoms with Crippen molar-refractivity contribution in [3.63, 3.8) is 0 Å². The van der Waals surface area contributed by atoms with Crippen LogP contribution in [0.3, 0.4) is 0 Å². The number of aromatic nitrogens is 1. The lowest BCUT2D eigenvalue weighted by Gasteiger charge is -2.34. The van der Waals surface area contributed by atoms with Crippen molar-refractivity contribution in [1.29, 1.82) is 0 Å². The number of hydrogen-bond donors (Lipinski definition) is 0. The van der Waals surface area contributed by atoms with Gasteiger partial charge in [0, 0.05) is 36.6 Å². The molecule has 0 unspecified atom stereocenters. The summed E-state index contributed by atoms with van der Waals surface area (Å²) in [4.78, 5) is 21.7. The minimum atomic E-state index is -0.0530. The zero-order valence-corrected chi connectivity index (χ0v) is 16.9. The molecule has 5 rings (SSSR count). The third kappa shape index (κ3) is 2.93. The first kappa shape index (κ1) is 17.5. The predicted octanol–water partition coefficient (Wildman–Crippen LogP) is 4.97. The van der Waals surface area contributed by atoms with Gasteiger partial charge in [0.15, 0.2) is 10.9 Å². The Bertz CT molecular complexity index is 1160. The van der Waals surface area contributed by atoms with Crippen LogP contribution in [0.2, 0.25) is 5.02 Å². The molecule has 4 aromatic rings. The van der Waals surface area contributed by atoms with E-state index in [1.54, 1.807) is 11.3 Å². The van der Waals surface area contributed by atoms with Gasteiger partial charge in [0.05, 0.1) is 10.2 Å². The van der Waals surface area contributed by atoms with Crippen LogP contribution >= 0.6 is 22.9 Å². The highest BCUT2D eigenvalue weighted by Crippen LogP contribution is 2.34. The highest BCUT2D eigenvalue weighted by atomic mass is 35.5. The molecule has 1 aliphatic rings. The number of carbonyl (C=O) groups is 1. The van der Waals surface area contributed by atoms with Gasteiger partial charge in [-0.1, -0.05) is 41.1 Å². The molecule has 0 bridgehead atoms. The fourth-order valence-corrected chi connectivity index (χ4v) is 4.80. The fourth-order valence-electron chi connectivity index (χ4n) is 3.57. The van der Waals surface area contributed by atoms with Crippen LogP contribution in [0.15, 0.2) is 46.9 Å². The maximum atomic E-state index is 12.8. The Balaban J connectivity index is 1.32. The molecule has 1 fully saturated rings. The average molecular weight is 412 g/mol. The molecule has 3 heterocycles. The van der Waals surface area contributed by atoms with Gasteiger partial charge in [0.1, 0.15) is 5.58 Å². The van der Waals surface area contributed by atoms with Crippen LogP contribution < -0.4 is 4.90 Å². The molecule has 0 N–H and O–H groups in total. The van der Waals surface area contributed by atoms with Crippen molar-refractivity contribution in [2.75, 3.05) is 31.1 Å². The number of aryl methyl sites for hydroxylation is 1. The zero-order chi connectivity index (χ0) is 19.3. The number of furan rings is 1. The van der Waals surface area contributed by atoms with E-state index in [2.05, 4.69) is 4.90 Å². The molecule has 0 atom stereocenters. The number of carbonyl (C=O) groups excluding carboxylic acids is 1. The van der Waals surface area contributed by atoms with Gasteiger partial charge in [-0.15, -0.1) is 0 Å². The van der Waals surface area contributed by atoms with Gasteiger partial charge in [0.2, 0.25) is 0 Å². The summed E-state index contributed by atoms with van der Waals surface area (Å²) < 4.78 is 6.87. The number of anilines is 1. The van der Waals surface area contributed by atoms with E-state index in [0.29, 0.717) is 18.8 Å². The molecule has 28 heavy (non-hydrogen) atoms. The van der Waals surface area contributed by atoms with Crippen molar-refractivity contribution >= 4 is 55.2 Å². The maximum Gasteiger partial charge on any atom is 0.289 e. The van der Waals surface area contributed by atoms with Gasteiger partial charge in [0.25, 0.3) is 5.91 Å². The van der Waals surface area contributed by atoms with Crippen molar-refractivity contribution in [2.24, 2.45) is 0 Å². The summed E-state index contributed by atoms with van der Waals surface area (Å²) >= 11 is 7.89. The smallest absolute Gasteiger partial charge is 0.289 e. The second kappa shape index (κ2) is 6.79. The number of amides is 1. The van der Waals surface area contributed by atoms with E-state index < -0.39 is 0 Å². The van der Waals surface area contributed by atoms with Crippen LogP contribution in [0, 0.1) is 6.92 Å². The third-order valence-electron chi connectivity index (χ3n) is 5.21. The number of thiazole rings is 1. The molecule has 1 aliphatic heterocycles. The first-order valence-corrected chi connectivity index (χ1v) is 10.4. The molecular formula is C21H18ClN3O2S. The van der Waals surface area contributed by atoms with Crippen molar-refractivity contribution in [3.8, 4) is 0 Å². The van der Waals surface area contributed by atoms with Crippen molar-refractivity contribution in [2.45, 2.75) is 6.92 Å². The Morgan fingerprint density at radius 1 is 1.14 bits per heavy atom. The number of para-hydroxylation sites is 1. The molecule has 0 radical (unpaired) electrons. The van der Waals surface area contributed by atoms with Gasteiger partial charge in [-0.2, -0.15) is 0 Å². The quantitative estimate of drug-likeness (QED) is 0.467. The second-order valence-corrected chi connectivity index (χ2v) is 8.36. The number of piperazine rings is 1. The minimum absolute atomic E-state index is 0.0530.